The zero-order valence-corrected chi connectivity index (χ0v) is 17.7. The van der Waals surface area contributed by atoms with Crippen LogP contribution in [0, 0.1) is 0 Å². The lowest BCUT2D eigenvalue weighted by atomic mass is 9.82. The van der Waals surface area contributed by atoms with Gasteiger partial charge in [-0.2, -0.15) is 0 Å². The van der Waals surface area contributed by atoms with Crippen molar-refractivity contribution in [2.45, 2.75) is 38.0 Å². The van der Waals surface area contributed by atoms with Gasteiger partial charge in [0.1, 0.15) is 5.75 Å². The molecule has 1 N–H and O–H groups in total. The highest BCUT2D eigenvalue weighted by Crippen LogP contribution is 2.33. The third-order valence-corrected chi connectivity index (χ3v) is 5.79. The number of amides is 1. The maximum Gasteiger partial charge on any atom is 0.234 e. The summed E-state index contributed by atoms with van der Waals surface area (Å²) in [5.74, 6) is 0.647. The lowest BCUT2D eigenvalue weighted by Gasteiger charge is -2.23. The summed E-state index contributed by atoms with van der Waals surface area (Å²) in [6, 6.07) is 17.4. The normalized spacial score (nSPS) is 16.3. The third kappa shape index (κ3) is 4.48. The molecular formula is C25H25N3O3. The van der Waals surface area contributed by atoms with E-state index in [4.69, 9.17) is 4.74 Å². The monoisotopic (exact) mass is 415 g/mol. The van der Waals surface area contributed by atoms with Crippen molar-refractivity contribution in [2.75, 3.05) is 12.4 Å². The molecular weight excluding hydrogens is 390 g/mol. The summed E-state index contributed by atoms with van der Waals surface area (Å²) in [4.78, 5) is 34.3. The van der Waals surface area contributed by atoms with Crippen molar-refractivity contribution in [1.29, 1.82) is 0 Å². The van der Waals surface area contributed by atoms with Gasteiger partial charge in [0.15, 0.2) is 5.78 Å². The van der Waals surface area contributed by atoms with Gasteiger partial charge in [-0.25, -0.2) is 9.97 Å². The molecule has 4 rings (SSSR count). The Balaban J connectivity index is 1.53. The number of nitrogens with zero attached hydrogens (tertiary/aromatic N) is 2. The van der Waals surface area contributed by atoms with Crippen LogP contribution in [-0.4, -0.2) is 28.8 Å². The largest absolute Gasteiger partial charge is 0.497 e. The Morgan fingerprint density at radius 3 is 2.55 bits per heavy atom. The standard InChI is InChI=1S/C25H25N3O3/c1-3-20(17-7-5-4-6-8-17)24(30)28-25-26-15-21-22(27-25)13-18(14-23(21)29)16-9-11-19(31-2)12-10-16/h4-12,15,18,20H,3,13-14H2,1-2H3,(H,26,27,28,30)/t18-,20-/m0/s1. The van der Waals surface area contributed by atoms with Gasteiger partial charge < -0.3 is 4.74 Å². The van der Waals surface area contributed by atoms with E-state index in [1.165, 1.54) is 6.20 Å². The van der Waals surface area contributed by atoms with Gasteiger partial charge in [0.25, 0.3) is 0 Å². The molecule has 0 unspecified atom stereocenters. The molecule has 0 bridgehead atoms. The Labute approximate surface area is 181 Å². The van der Waals surface area contributed by atoms with E-state index in [0.717, 1.165) is 16.9 Å². The number of fused-ring (bicyclic) bond motifs is 1. The SMILES string of the molecule is CC[C@H](C(=O)Nc1ncc2c(n1)C[C@H](c1ccc(OC)cc1)CC2=O)c1ccccc1. The molecule has 1 aliphatic rings. The Morgan fingerprint density at radius 1 is 1.13 bits per heavy atom. The number of methoxy groups -OCH3 is 1. The Kier molecular flexibility index (Phi) is 6.07. The fourth-order valence-electron chi connectivity index (χ4n) is 4.07. The summed E-state index contributed by atoms with van der Waals surface area (Å²) in [5, 5.41) is 2.84. The summed E-state index contributed by atoms with van der Waals surface area (Å²) in [7, 11) is 1.63. The minimum Gasteiger partial charge on any atom is -0.497 e. The average molecular weight is 415 g/mol. The van der Waals surface area contributed by atoms with Crippen molar-refractivity contribution in [3.05, 3.63) is 83.2 Å². The molecule has 0 aliphatic heterocycles. The maximum absolute atomic E-state index is 12.9. The average Bonchev–Trinajstić information content (AvgIpc) is 2.80. The third-order valence-electron chi connectivity index (χ3n) is 5.79. The number of rotatable bonds is 6. The highest BCUT2D eigenvalue weighted by Gasteiger charge is 2.28. The fraction of sp³-hybridized carbons (Fsp3) is 0.280. The van der Waals surface area contributed by atoms with Crippen LogP contribution in [0.25, 0.3) is 0 Å². The first-order valence-corrected chi connectivity index (χ1v) is 10.5. The minimum absolute atomic E-state index is 0.0238. The number of nitrogens with one attached hydrogen (secondary N) is 1. The highest BCUT2D eigenvalue weighted by atomic mass is 16.5. The summed E-state index contributed by atoms with van der Waals surface area (Å²) in [6.45, 7) is 1.98. The van der Waals surface area contributed by atoms with Crippen LogP contribution in [0.3, 0.4) is 0 Å². The molecule has 3 aromatic rings. The number of hydrogen-bond acceptors (Lipinski definition) is 5. The summed E-state index contributed by atoms with van der Waals surface area (Å²) in [6.07, 6.45) is 3.24. The molecule has 6 heteroatoms. The molecule has 31 heavy (non-hydrogen) atoms. The summed E-state index contributed by atoms with van der Waals surface area (Å²) in [5.41, 5.74) is 3.24. The number of hydrogen-bond donors (Lipinski definition) is 1. The van der Waals surface area contributed by atoms with Gasteiger partial charge in [0, 0.05) is 12.6 Å². The summed E-state index contributed by atoms with van der Waals surface area (Å²) < 4.78 is 5.22. The molecule has 1 aromatic heterocycles. The molecule has 0 spiro atoms. The van der Waals surface area contributed by atoms with Crippen molar-refractivity contribution in [2.24, 2.45) is 0 Å². The van der Waals surface area contributed by atoms with Crippen LogP contribution in [0.5, 0.6) is 5.75 Å². The van der Waals surface area contributed by atoms with Gasteiger partial charge in [-0.1, -0.05) is 49.4 Å². The fourth-order valence-corrected chi connectivity index (χ4v) is 4.07. The summed E-state index contributed by atoms with van der Waals surface area (Å²) >= 11 is 0. The van der Waals surface area contributed by atoms with Crippen LogP contribution in [0.4, 0.5) is 5.95 Å². The zero-order chi connectivity index (χ0) is 21.8. The van der Waals surface area contributed by atoms with E-state index in [1.807, 2.05) is 61.5 Å². The van der Waals surface area contributed by atoms with Crippen molar-refractivity contribution in [3.8, 4) is 5.75 Å². The predicted octanol–water partition coefficient (Wildman–Crippen LogP) is 4.53. The lowest BCUT2D eigenvalue weighted by molar-refractivity contribution is -0.117. The van der Waals surface area contributed by atoms with Gasteiger partial charge in [-0.15, -0.1) is 0 Å². The molecule has 0 saturated carbocycles. The predicted molar refractivity (Wildman–Crippen MR) is 119 cm³/mol. The molecule has 0 radical (unpaired) electrons. The number of carbonyl (C=O) groups is 2. The second-order valence-corrected chi connectivity index (χ2v) is 7.72. The van der Waals surface area contributed by atoms with Crippen LogP contribution in [0.15, 0.2) is 60.8 Å². The first-order valence-electron chi connectivity index (χ1n) is 10.5. The van der Waals surface area contributed by atoms with E-state index in [9.17, 15) is 9.59 Å². The quantitative estimate of drug-likeness (QED) is 0.640. The van der Waals surface area contributed by atoms with E-state index in [0.29, 0.717) is 30.5 Å². The van der Waals surface area contributed by atoms with E-state index in [2.05, 4.69) is 15.3 Å². The number of aromatic nitrogens is 2. The van der Waals surface area contributed by atoms with E-state index in [-0.39, 0.29) is 29.5 Å². The number of ketones is 1. The second-order valence-electron chi connectivity index (χ2n) is 7.72. The van der Waals surface area contributed by atoms with Crippen LogP contribution >= 0.6 is 0 Å². The molecule has 1 amide bonds. The zero-order valence-electron chi connectivity index (χ0n) is 17.7. The number of benzene rings is 2. The topological polar surface area (TPSA) is 81.2 Å². The first kappa shape index (κ1) is 20.7. The number of Topliss-reactive ketones (excluding diaryl/α,β-unsaturated/α-hetero) is 1. The van der Waals surface area contributed by atoms with Gasteiger partial charge in [-0.05, 0) is 42.0 Å². The lowest BCUT2D eigenvalue weighted by Crippen LogP contribution is -2.24. The molecule has 0 fully saturated rings. The highest BCUT2D eigenvalue weighted by molar-refractivity contribution is 5.99. The van der Waals surface area contributed by atoms with Crippen molar-refractivity contribution in [3.63, 3.8) is 0 Å². The van der Waals surface area contributed by atoms with Crippen molar-refractivity contribution >= 4 is 17.6 Å². The van der Waals surface area contributed by atoms with Crippen LogP contribution < -0.4 is 10.1 Å². The van der Waals surface area contributed by atoms with E-state index < -0.39 is 0 Å². The first-order chi connectivity index (χ1) is 15.1. The molecule has 2 atom stereocenters. The molecule has 1 heterocycles. The molecule has 158 valence electrons. The Morgan fingerprint density at radius 2 is 1.87 bits per heavy atom. The van der Waals surface area contributed by atoms with Crippen LogP contribution in [-0.2, 0) is 11.2 Å². The van der Waals surface area contributed by atoms with Gasteiger partial charge >= 0.3 is 0 Å². The number of carbonyl (C=O) groups excluding carboxylic acids is 2. The Bertz CT molecular complexity index is 1080. The van der Waals surface area contributed by atoms with E-state index >= 15 is 0 Å². The molecule has 2 aromatic carbocycles. The molecule has 0 saturated heterocycles. The van der Waals surface area contributed by atoms with Crippen LogP contribution in [0.1, 0.15) is 58.8 Å². The number of anilines is 1. The van der Waals surface area contributed by atoms with Crippen LogP contribution in [0.2, 0.25) is 0 Å². The molecule has 1 aliphatic carbocycles. The Hall–Kier alpha value is -3.54. The van der Waals surface area contributed by atoms with Crippen molar-refractivity contribution < 1.29 is 14.3 Å². The van der Waals surface area contributed by atoms with E-state index in [1.54, 1.807) is 7.11 Å². The maximum atomic E-state index is 12.9. The van der Waals surface area contributed by atoms with Gasteiger partial charge in [0.05, 0.1) is 24.3 Å². The minimum atomic E-state index is -0.283. The van der Waals surface area contributed by atoms with Gasteiger partial charge in [-0.3, -0.25) is 14.9 Å². The van der Waals surface area contributed by atoms with Crippen molar-refractivity contribution in [1.82, 2.24) is 9.97 Å². The van der Waals surface area contributed by atoms with Gasteiger partial charge in [0.2, 0.25) is 11.9 Å². The second kappa shape index (κ2) is 9.08. The number of ether oxygens (including phenoxy) is 1. The smallest absolute Gasteiger partial charge is 0.234 e. The molecule has 6 nitrogen and oxygen atoms in total.